The van der Waals surface area contributed by atoms with Gasteiger partial charge in [-0.25, -0.2) is 4.99 Å². The van der Waals surface area contributed by atoms with E-state index in [1.54, 1.807) is 11.8 Å². The van der Waals surface area contributed by atoms with Crippen molar-refractivity contribution in [1.82, 2.24) is 5.32 Å². The molecule has 1 aliphatic carbocycles. The predicted molar refractivity (Wildman–Crippen MR) is 109 cm³/mol. The highest BCUT2D eigenvalue weighted by Crippen LogP contribution is 2.41. The highest BCUT2D eigenvalue weighted by molar-refractivity contribution is 8.13. The molecule has 1 aliphatic heterocycles. The van der Waals surface area contributed by atoms with Gasteiger partial charge in [-0.05, 0) is 53.9 Å². The summed E-state index contributed by atoms with van der Waals surface area (Å²) in [6.07, 6.45) is 7.82. The molecule has 0 saturated carbocycles. The molecule has 2 aromatic rings. The number of aliphatic imine (C=N–C) groups is 1. The summed E-state index contributed by atoms with van der Waals surface area (Å²) in [4.78, 5) is 4.98. The van der Waals surface area contributed by atoms with Crippen molar-refractivity contribution in [2.24, 2.45) is 4.99 Å². The van der Waals surface area contributed by atoms with Crippen LogP contribution < -0.4 is 5.32 Å². The van der Waals surface area contributed by atoms with Gasteiger partial charge in [0.25, 0.3) is 0 Å². The molecule has 0 spiro atoms. The van der Waals surface area contributed by atoms with E-state index in [2.05, 4.69) is 78.3 Å². The Labute approximate surface area is 153 Å². The molecule has 2 nitrogen and oxygen atoms in total. The first-order valence-electron chi connectivity index (χ1n) is 8.78. The molecular formula is C22H22N2S. The second kappa shape index (κ2) is 7.32. The Kier molecular flexibility index (Phi) is 4.75. The average molecular weight is 346 g/mol. The summed E-state index contributed by atoms with van der Waals surface area (Å²) in [6, 6.07) is 21.4. The molecular weight excluding hydrogens is 324 g/mol. The van der Waals surface area contributed by atoms with E-state index in [1.807, 2.05) is 0 Å². The van der Waals surface area contributed by atoms with Crippen LogP contribution in [0.3, 0.4) is 0 Å². The van der Waals surface area contributed by atoms with E-state index in [1.165, 1.54) is 34.4 Å². The van der Waals surface area contributed by atoms with Gasteiger partial charge in [0.1, 0.15) is 6.04 Å². The Balaban J connectivity index is 1.78. The van der Waals surface area contributed by atoms with Crippen molar-refractivity contribution in [3.05, 3.63) is 88.6 Å². The normalized spacial score (nSPS) is 21.6. The zero-order valence-corrected chi connectivity index (χ0v) is 15.2. The molecule has 25 heavy (non-hydrogen) atoms. The molecule has 0 radical (unpaired) electrons. The van der Waals surface area contributed by atoms with E-state index in [4.69, 9.17) is 4.99 Å². The lowest BCUT2D eigenvalue weighted by Crippen LogP contribution is -2.30. The third-order valence-electron chi connectivity index (χ3n) is 4.79. The van der Waals surface area contributed by atoms with Crippen LogP contribution >= 0.6 is 11.8 Å². The SMILES string of the molecule is CSC1=NC(c2ccccc2)C2=C(N1)/C(=C\c1ccccc1)CCC2. The van der Waals surface area contributed by atoms with Gasteiger partial charge in [-0.3, -0.25) is 0 Å². The van der Waals surface area contributed by atoms with Crippen molar-refractivity contribution in [2.75, 3.05) is 6.26 Å². The predicted octanol–water partition coefficient (Wildman–Crippen LogP) is 5.57. The zero-order valence-electron chi connectivity index (χ0n) is 14.4. The maximum absolute atomic E-state index is 4.98. The largest absolute Gasteiger partial charge is 0.335 e. The van der Waals surface area contributed by atoms with Crippen LogP contribution in [0, 0.1) is 0 Å². The van der Waals surface area contributed by atoms with Crippen LogP contribution in [0.15, 0.2) is 82.5 Å². The zero-order chi connectivity index (χ0) is 17.1. The number of amidine groups is 1. The van der Waals surface area contributed by atoms with Gasteiger partial charge in [-0.2, -0.15) is 0 Å². The fourth-order valence-electron chi connectivity index (χ4n) is 3.60. The van der Waals surface area contributed by atoms with E-state index < -0.39 is 0 Å². The van der Waals surface area contributed by atoms with Crippen molar-refractivity contribution in [3.8, 4) is 0 Å². The Morgan fingerprint density at radius 1 is 1.00 bits per heavy atom. The van der Waals surface area contributed by atoms with E-state index in [9.17, 15) is 0 Å². The minimum atomic E-state index is 0.138. The minimum absolute atomic E-state index is 0.138. The number of thioether (sulfide) groups is 1. The number of hydrogen-bond acceptors (Lipinski definition) is 3. The lowest BCUT2D eigenvalue weighted by molar-refractivity contribution is 0.660. The average Bonchev–Trinajstić information content (AvgIpc) is 2.69. The highest BCUT2D eigenvalue weighted by Gasteiger charge is 2.29. The molecule has 3 heteroatoms. The lowest BCUT2D eigenvalue weighted by Gasteiger charge is -2.32. The van der Waals surface area contributed by atoms with E-state index in [-0.39, 0.29) is 6.04 Å². The molecule has 1 atom stereocenters. The van der Waals surface area contributed by atoms with Gasteiger partial charge in [-0.15, -0.1) is 0 Å². The second-order valence-electron chi connectivity index (χ2n) is 6.41. The molecule has 0 bridgehead atoms. The summed E-state index contributed by atoms with van der Waals surface area (Å²) in [5, 5.41) is 4.61. The number of rotatable bonds is 2. The maximum Gasteiger partial charge on any atom is 0.161 e. The first-order valence-corrected chi connectivity index (χ1v) is 10.0. The first kappa shape index (κ1) is 16.2. The van der Waals surface area contributed by atoms with Crippen LogP contribution in [0.2, 0.25) is 0 Å². The third kappa shape index (κ3) is 3.42. The Bertz CT molecular complexity index is 835. The summed E-state index contributed by atoms with van der Waals surface area (Å²) >= 11 is 1.69. The standard InChI is InChI=1S/C22H22N2S/c1-25-22-23-20(17-11-6-3-7-12-17)19-14-8-13-18(21(19)24-22)15-16-9-4-2-5-10-16/h2-7,9-12,15,20H,8,13-14H2,1H3,(H,23,24)/b18-15-. The number of allylic oxidation sites excluding steroid dienone is 1. The quantitative estimate of drug-likeness (QED) is 0.768. The molecule has 2 aromatic carbocycles. The lowest BCUT2D eigenvalue weighted by atomic mass is 9.84. The van der Waals surface area contributed by atoms with Gasteiger partial charge >= 0.3 is 0 Å². The van der Waals surface area contributed by atoms with Crippen molar-refractivity contribution < 1.29 is 0 Å². The van der Waals surface area contributed by atoms with Crippen LogP contribution in [0.1, 0.15) is 36.4 Å². The second-order valence-corrected chi connectivity index (χ2v) is 7.21. The van der Waals surface area contributed by atoms with Crippen molar-refractivity contribution >= 4 is 23.0 Å². The molecule has 0 aromatic heterocycles. The highest BCUT2D eigenvalue weighted by atomic mass is 32.2. The van der Waals surface area contributed by atoms with Crippen LogP contribution in [-0.4, -0.2) is 11.4 Å². The van der Waals surface area contributed by atoms with Gasteiger partial charge in [0, 0.05) is 5.70 Å². The topological polar surface area (TPSA) is 24.4 Å². The summed E-state index contributed by atoms with van der Waals surface area (Å²) in [6.45, 7) is 0. The van der Waals surface area contributed by atoms with E-state index >= 15 is 0 Å². The number of hydrogen-bond donors (Lipinski definition) is 1. The molecule has 1 unspecified atom stereocenters. The fourth-order valence-corrected chi connectivity index (χ4v) is 4.02. The summed E-state index contributed by atoms with van der Waals surface area (Å²) in [7, 11) is 0. The van der Waals surface area contributed by atoms with E-state index in [0.29, 0.717) is 0 Å². The van der Waals surface area contributed by atoms with Crippen LogP contribution in [0.5, 0.6) is 0 Å². The summed E-state index contributed by atoms with van der Waals surface area (Å²) in [5.41, 5.74) is 6.66. The molecule has 0 fully saturated rings. The number of nitrogens with one attached hydrogen (secondary N) is 1. The van der Waals surface area contributed by atoms with Gasteiger partial charge in [0.15, 0.2) is 5.17 Å². The monoisotopic (exact) mass is 346 g/mol. The van der Waals surface area contributed by atoms with E-state index in [0.717, 1.165) is 18.0 Å². The van der Waals surface area contributed by atoms with Gasteiger partial charge < -0.3 is 5.32 Å². The van der Waals surface area contributed by atoms with Gasteiger partial charge in [0.05, 0.1) is 0 Å². The molecule has 0 amide bonds. The Hall–Kier alpha value is -2.26. The smallest absolute Gasteiger partial charge is 0.161 e. The number of nitrogens with zero attached hydrogens (tertiary/aromatic N) is 1. The number of benzene rings is 2. The summed E-state index contributed by atoms with van der Waals surface area (Å²) < 4.78 is 0. The first-order chi connectivity index (χ1) is 12.3. The van der Waals surface area contributed by atoms with Crippen molar-refractivity contribution in [3.63, 3.8) is 0 Å². The van der Waals surface area contributed by atoms with Crippen LogP contribution in [0.4, 0.5) is 0 Å². The Morgan fingerprint density at radius 2 is 1.72 bits per heavy atom. The van der Waals surface area contributed by atoms with Crippen molar-refractivity contribution in [1.29, 1.82) is 0 Å². The van der Waals surface area contributed by atoms with Crippen LogP contribution in [-0.2, 0) is 0 Å². The maximum atomic E-state index is 4.98. The fraction of sp³-hybridized carbons (Fsp3) is 0.227. The molecule has 1 heterocycles. The summed E-state index contributed by atoms with van der Waals surface area (Å²) in [5.74, 6) is 0. The molecule has 126 valence electrons. The molecule has 1 N–H and O–H groups in total. The van der Waals surface area contributed by atoms with Crippen LogP contribution in [0.25, 0.3) is 6.08 Å². The third-order valence-corrected chi connectivity index (χ3v) is 5.39. The Morgan fingerprint density at radius 3 is 2.44 bits per heavy atom. The van der Waals surface area contributed by atoms with Gasteiger partial charge in [-0.1, -0.05) is 72.4 Å². The molecule has 0 saturated heterocycles. The van der Waals surface area contributed by atoms with Crippen molar-refractivity contribution in [2.45, 2.75) is 25.3 Å². The molecule has 4 rings (SSSR count). The minimum Gasteiger partial charge on any atom is -0.335 e. The van der Waals surface area contributed by atoms with Gasteiger partial charge in [0.2, 0.25) is 0 Å². The molecule has 2 aliphatic rings.